The van der Waals surface area contributed by atoms with Crippen LogP contribution in [-0.2, 0) is 16.0 Å². The molecule has 0 radical (unpaired) electrons. The molecule has 1 heterocycles. The van der Waals surface area contributed by atoms with Gasteiger partial charge in [0, 0.05) is 37.8 Å². The fourth-order valence-electron chi connectivity index (χ4n) is 3.85. The van der Waals surface area contributed by atoms with Crippen molar-refractivity contribution in [2.75, 3.05) is 40.1 Å². The lowest BCUT2D eigenvalue weighted by Gasteiger charge is -2.33. The molecule has 3 atom stereocenters. The summed E-state index contributed by atoms with van der Waals surface area (Å²) in [5.74, 6) is 1.61. The van der Waals surface area contributed by atoms with E-state index in [9.17, 15) is 0 Å². The van der Waals surface area contributed by atoms with E-state index in [1.807, 2.05) is 12.1 Å². The molecule has 5 heteroatoms. The monoisotopic (exact) mass is 334 g/mol. The van der Waals surface area contributed by atoms with Crippen LogP contribution in [0.1, 0.15) is 24.8 Å². The maximum Gasteiger partial charge on any atom is 0.123 e. The SMILES string of the molecule is COCCOc1ccccc1CNC1CCCC1C1COCCN1. The number of rotatable bonds is 8. The lowest BCUT2D eigenvalue weighted by Crippen LogP contribution is -2.50. The zero-order valence-corrected chi connectivity index (χ0v) is 14.6. The Morgan fingerprint density at radius 2 is 2.17 bits per heavy atom. The van der Waals surface area contributed by atoms with Crippen molar-refractivity contribution in [2.45, 2.75) is 37.9 Å². The predicted molar refractivity (Wildman–Crippen MR) is 94.4 cm³/mol. The zero-order valence-electron chi connectivity index (χ0n) is 14.6. The van der Waals surface area contributed by atoms with E-state index in [1.165, 1.54) is 24.8 Å². The number of hydrogen-bond acceptors (Lipinski definition) is 5. The summed E-state index contributed by atoms with van der Waals surface area (Å²) in [5, 5.41) is 7.40. The van der Waals surface area contributed by atoms with Crippen LogP contribution in [0.4, 0.5) is 0 Å². The highest BCUT2D eigenvalue weighted by Crippen LogP contribution is 2.30. The van der Waals surface area contributed by atoms with Crippen molar-refractivity contribution in [2.24, 2.45) is 5.92 Å². The lowest BCUT2D eigenvalue weighted by atomic mass is 9.94. The van der Waals surface area contributed by atoms with Crippen LogP contribution in [-0.4, -0.2) is 52.2 Å². The molecular weight excluding hydrogens is 304 g/mol. The van der Waals surface area contributed by atoms with Gasteiger partial charge in [-0.25, -0.2) is 0 Å². The predicted octanol–water partition coefficient (Wildman–Crippen LogP) is 1.96. The smallest absolute Gasteiger partial charge is 0.123 e. The number of ether oxygens (including phenoxy) is 3. The topological polar surface area (TPSA) is 51.8 Å². The Labute approximate surface area is 145 Å². The minimum absolute atomic E-state index is 0.493. The Bertz CT molecular complexity index is 491. The second-order valence-electron chi connectivity index (χ2n) is 6.67. The van der Waals surface area contributed by atoms with Gasteiger partial charge in [-0.15, -0.1) is 0 Å². The van der Waals surface area contributed by atoms with Gasteiger partial charge in [0.2, 0.25) is 0 Å². The first-order chi connectivity index (χ1) is 11.9. The average molecular weight is 334 g/mol. The molecule has 1 aromatic rings. The van der Waals surface area contributed by atoms with Crippen LogP contribution in [0.25, 0.3) is 0 Å². The molecule has 0 aromatic heterocycles. The first kappa shape index (κ1) is 17.7. The summed E-state index contributed by atoms with van der Waals surface area (Å²) >= 11 is 0. The third-order valence-electron chi connectivity index (χ3n) is 5.11. The van der Waals surface area contributed by atoms with Gasteiger partial charge < -0.3 is 24.8 Å². The van der Waals surface area contributed by atoms with Gasteiger partial charge in [0.1, 0.15) is 12.4 Å². The Balaban J connectivity index is 1.54. The van der Waals surface area contributed by atoms with E-state index in [2.05, 4.69) is 22.8 Å². The Hall–Kier alpha value is -1.14. The summed E-state index contributed by atoms with van der Waals surface area (Å²) < 4.78 is 16.6. The van der Waals surface area contributed by atoms with E-state index >= 15 is 0 Å². The number of methoxy groups -OCH3 is 1. The number of hydrogen-bond donors (Lipinski definition) is 2. The number of nitrogens with one attached hydrogen (secondary N) is 2. The number of morpholine rings is 1. The van der Waals surface area contributed by atoms with Crippen LogP contribution in [0, 0.1) is 5.92 Å². The molecule has 1 aromatic carbocycles. The molecule has 3 rings (SSSR count). The quantitative estimate of drug-likeness (QED) is 0.712. The van der Waals surface area contributed by atoms with Crippen LogP contribution in [0.15, 0.2) is 24.3 Å². The first-order valence-electron chi connectivity index (χ1n) is 9.12. The Kier molecular flexibility index (Phi) is 6.90. The second-order valence-corrected chi connectivity index (χ2v) is 6.67. The van der Waals surface area contributed by atoms with Gasteiger partial charge >= 0.3 is 0 Å². The number of benzene rings is 1. The van der Waals surface area contributed by atoms with Crippen molar-refractivity contribution in [3.8, 4) is 5.75 Å². The van der Waals surface area contributed by atoms with Gasteiger partial charge in [0.25, 0.3) is 0 Å². The summed E-state index contributed by atoms with van der Waals surface area (Å²) in [6.07, 6.45) is 3.83. The van der Waals surface area contributed by atoms with Crippen LogP contribution in [0.2, 0.25) is 0 Å². The first-order valence-corrected chi connectivity index (χ1v) is 9.12. The van der Waals surface area contributed by atoms with E-state index in [4.69, 9.17) is 14.2 Å². The van der Waals surface area contributed by atoms with Crippen LogP contribution < -0.4 is 15.4 Å². The molecule has 2 aliphatic rings. The molecule has 1 saturated heterocycles. The van der Waals surface area contributed by atoms with Gasteiger partial charge in [-0.2, -0.15) is 0 Å². The molecular formula is C19H30N2O3. The minimum Gasteiger partial charge on any atom is -0.491 e. The molecule has 134 valence electrons. The van der Waals surface area contributed by atoms with Gasteiger partial charge in [-0.05, 0) is 24.8 Å². The largest absolute Gasteiger partial charge is 0.491 e. The maximum atomic E-state index is 5.84. The highest BCUT2D eigenvalue weighted by atomic mass is 16.5. The molecule has 24 heavy (non-hydrogen) atoms. The molecule has 0 amide bonds. The Morgan fingerprint density at radius 3 is 3.00 bits per heavy atom. The summed E-state index contributed by atoms with van der Waals surface area (Å²) in [7, 11) is 1.69. The van der Waals surface area contributed by atoms with E-state index < -0.39 is 0 Å². The Morgan fingerprint density at radius 1 is 1.25 bits per heavy atom. The summed E-state index contributed by atoms with van der Waals surface area (Å²) in [5.41, 5.74) is 1.21. The minimum atomic E-state index is 0.493. The zero-order chi connectivity index (χ0) is 16.6. The second kappa shape index (κ2) is 9.37. The molecule has 5 nitrogen and oxygen atoms in total. The van der Waals surface area contributed by atoms with Crippen molar-refractivity contribution in [1.29, 1.82) is 0 Å². The van der Waals surface area contributed by atoms with Crippen molar-refractivity contribution in [1.82, 2.24) is 10.6 Å². The van der Waals surface area contributed by atoms with Crippen LogP contribution >= 0.6 is 0 Å². The maximum absolute atomic E-state index is 5.84. The normalized spacial score (nSPS) is 27.3. The average Bonchev–Trinajstić information content (AvgIpc) is 3.10. The molecule has 1 aliphatic carbocycles. The van der Waals surface area contributed by atoms with E-state index in [0.29, 0.717) is 31.2 Å². The molecule has 0 bridgehead atoms. The van der Waals surface area contributed by atoms with Gasteiger partial charge in [-0.3, -0.25) is 0 Å². The summed E-state index contributed by atoms with van der Waals surface area (Å²) in [6.45, 7) is 4.71. The standard InChI is InChI=1S/C19H30N2O3/c1-22-11-12-24-19-8-3-2-5-15(19)13-21-17-7-4-6-16(17)18-14-23-10-9-20-18/h2-3,5,8,16-18,20-21H,4,6-7,9-14H2,1H3. The highest BCUT2D eigenvalue weighted by Gasteiger charge is 2.34. The molecule has 0 spiro atoms. The van der Waals surface area contributed by atoms with Gasteiger partial charge in [0.15, 0.2) is 0 Å². The van der Waals surface area contributed by atoms with Crippen molar-refractivity contribution < 1.29 is 14.2 Å². The molecule has 1 aliphatic heterocycles. The molecule has 2 N–H and O–H groups in total. The fourth-order valence-corrected chi connectivity index (χ4v) is 3.85. The third kappa shape index (κ3) is 4.70. The molecule has 2 fully saturated rings. The van der Waals surface area contributed by atoms with Crippen molar-refractivity contribution >= 4 is 0 Å². The van der Waals surface area contributed by atoms with Crippen LogP contribution in [0.5, 0.6) is 5.75 Å². The number of para-hydroxylation sites is 1. The highest BCUT2D eigenvalue weighted by molar-refractivity contribution is 5.33. The molecule has 1 saturated carbocycles. The van der Waals surface area contributed by atoms with Gasteiger partial charge in [0.05, 0.1) is 19.8 Å². The third-order valence-corrected chi connectivity index (χ3v) is 5.11. The van der Waals surface area contributed by atoms with Crippen LogP contribution in [0.3, 0.4) is 0 Å². The molecule has 3 unspecified atom stereocenters. The van der Waals surface area contributed by atoms with E-state index in [-0.39, 0.29) is 0 Å². The van der Waals surface area contributed by atoms with Crippen molar-refractivity contribution in [3.05, 3.63) is 29.8 Å². The van der Waals surface area contributed by atoms with E-state index in [0.717, 1.165) is 32.1 Å². The fraction of sp³-hybridized carbons (Fsp3) is 0.684. The summed E-state index contributed by atoms with van der Waals surface area (Å²) in [6, 6.07) is 9.31. The van der Waals surface area contributed by atoms with E-state index in [1.54, 1.807) is 7.11 Å². The van der Waals surface area contributed by atoms with Crippen molar-refractivity contribution in [3.63, 3.8) is 0 Å². The summed E-state index contributed by atoms with van der Waals surface area (Å²) in [4.78, 5) is 0. The van der Waals surface area contributed by atoms with Gasteiger partial charge in [-0.1, -0.05) is 24.6 Å². The lowest BCUT2D eigenvalue weighted by molar-refractivity contribution is 0.0524.